The molecule has 9 heteroatoms. The second kappa shape index (κ2) is 8.24. The molecule has 0 unspecified atom stereocenters. The molecule has 1 aromatic heterocycles. The Hall–Kier alpha value is -3.04. The Balaban J connectivity index is 1.66. The third-order valence-corrected chi connectivity index (χ3v) is 7.32. The van der Waals surface area contributed by atoms with Crippen molar-refractivity contribution in [1.29, 1.82) is 0 Å². The van der Waals surface area contributed by atoms with Crippen LogP contribution in [0.2, 0.25) is 0 Å². The van der Waals surface area contributed by atoms with Crippen molar-refractivity contribution >= 4 is 21.6 Å². The summed E-state index contributed by atoms with van der Waals surface area (Å²) >= 11 is 0. The van der Waals surface area contributed by atoms with Crippen molar-refractivity contribution in [2.24, 2.45) is 7.05 Å². The van der Waals surface area contributed by atoms with E-state index in [-0.39, 0.29) is 30.4 Å². The highest BCUT2D eigenvalue weighted by atomic mass is 32.2. The van der Waals surface area contributed by atoms with Crippen LogP contribution < -0.4 is 4.90 Å². The molecular weight excluding hydrogens is 419 g/mol. The average Bonchev–Trinajstić information content (AvgIpc) is 3.07. The number of benzene rings is 2. The molecule has 2 heterocycles. The zero-order chi connectivity index (χ0) is 22.2. The Morgan fingerprint density at radius 3 is 2.58 bits per heavy atom. The van der Waals surface area contributed by atoms with E-state index in [1.807, 2.05) is 37.4 Å². The largest absolute Gasteiger partial charge is 0.307 e. The summed E-state index contributed by atoms with van der Waals surface area (Å²) in [6.07, 6.45) is 0.485. The molecule has 0 radical (unpaired) electrons. The Morgan fingerprint density at radius 1 is 1.16 bits per heavy atom. The van der Waals surface area contributed by atoms with E-state index in [0.717, 1.165) is 23.0 Å². The highest BCUT2D eigenvalue weighted by Crippen LogP contribution is 2.29. The van der Waals surface area contributed by atoms with Gasteiger partial charge in [-0.05, 0) is 30.3 Å². The molecule has 4 rings (SSSR count). The molecular formula is C22H23FN4O3S. The van der Waals surface area contributed by atoms with Crippen LogP contribution in [0, 0.1) is 5.82 Å². The van der Waals surface area contributed by atoms with Crippen LogP contribution in [0.3, 0.4) is 0 Å². The van der Waals surface area contributed by atoms with Crippen LogP contribution in [-0.4, -0.2) is 35.0 Å². The Morgan fingerprint density at radius 2 is 1.90 bits per heavy atom. The van der Waals surface area contributed by atoms with Gasteiger partial charge in [0, 0.05) is 50.4 Å². The van der Waals surface area contributed by atoms with E-state index in [4.69, 9.17) is 0 Å². The number of halogens is 1. The minimum atomic E-state index is -3.86. The Bertz CT molecular complexity index is 1220. The number of carbonyl (C=O) groups excluding carboxylic acids is 1. The maximum atomic E-state index is 13.6. The molecule has 0 aliphatic carbocycles. The molecule has 162 valence electrons. The third-order valence-electron chi connectivity index (χ3n) is 5.48. The number of anilines is 1. The smallest absolute Gasteiger partial charge is 0.243 e. The number of nitrogens with zero attached hydrogens (tertiary/aromatic N) is 4. The zero-order valence-corrected chi connectivity index (χ0v) is 18.1. The Kier molecular flexibility index (Phi) is 5.63. The number of para-hydroxylation sites is 1. The molecule has 1 aliphatic rings. The lowest BCUT2D eigenvalue weighted by Crippen LogP contribution is -2.37. The van der Waals surface area contributed by atoms with E-state index in [9.17, 15) is 17.6 Å². The summed E-state index contributed by atoms with van der Waals surface area (Å²) in [5.74, 6) is -0.730. The number of hydrogen-bond acceptors (Lipinski definition) is 4. The van der Waals surface area contributed by atoms with Gasteiger partial charge >= 0.3 is 0 Å². The van der Waals surface area contributed by atoms with Crippen LogP contribution in [0.25, 0.3) is 0 Å². The van der Waals surface area contributed by atoms with Crippen molar-refractivity contribution in [2.45, 2.75) is 31.3 Å². The number of sulfonamides is 1. The summed E-state index contributed by atoms with van der Waals surface area (Å²) in [4.78, 5) is 13.9. The van der Waals surface area contributed by atoms with Gasteiger partial charge in [0.25, 0.3) is 0 Å². The summed E-state index contributed by atoms with van der Waals surface area (Å²) in [6.45, 7) is 2.12. The van der Waals surface area contributed by atoms with Gasteiger partial charge in [0.2, 0.25) is 15.9 Å². The lowest BCUT2D eigenvalue weighted by Gasteiger charge is -2.27. The van der Waals surface area contributed by atoms with Crippen molar-refractivity contribution in [2.75, 3.05) is 11.4 Å². The molecule has 0 saturated carbocycles. The van der Waals surface area contributed by atoms with E-state index in [2.05, 4.69) is 5.10 Å². The van der Waals surface area contributed by atoms with E-state index in [1.54, 1.807) is 9.58 Å². The lowest BCUT2D eigenvalue weighted by atomic mass is 10.1. The van der Waals surface area contributed by atoms with Crippen LogP contribution in [0.4, 0.5) is 10.1 Å². The van der Waals surface area contributed by atoms with E-state index >= 15 is 0 Å². The first-order chi connectivity index (χ1) is 14.8. The van der Waals surface area contributed by atoms with Gasteiger partial charge in [-0.3, -0.25) is 9.48 Å². The fourth-order valence-corrected chi connectivity index (χ4v) is 5.34. The van der Waals surface area contributed by atoms with Crippen molar-refractivity contribution in [1.82, 2.24) is 14.1 Å². The van der Waals surface area contributed by atoms with Gasteiger partial charge in [-0.2, -0.15) is 9.40 Å². The molecule has 1 amide bonds. The highest BCUT2D eigenvalue weighted by Gasteiger charge is 2.32. The average molecular weight is 443 g/mol. The maximum Gasteiger partial charge on any atom is 0.243 e. The minimum absolute atomic E-state index is 0.0731. The maximum absolute atomic E-state index is 13.6. The number of aryl methyl sites for hydroxylation is 1. The summed E-state index contributed by atoms with van der Waals surface area (Å²) < 4.78 is 42.9. The van der Waals surface area contributed by atoms with Gasteiger partial charge in [-0.15, -0.1) is 0 Å². The second-order valence-corrected chi connectivity index (χ2v) is 9.42. The van der Waals surface area contributed by atoms with Gasteiger partial charge in [0.05, 0.1) is 17.1 Å². The van der Waals surface area contributed by atoms with Crippen LogP contribution >= 0.6 is 0 Å². The molecule has 0 atom stereocenters. The van der Waals surface area contributed by atoms with Crippen LogP contribution in [0.15, 0.2) is 59.5 Å². The zero-order valence-electron chi connectivity index (χ0n) is 17.3. The van der Waals surface area contributed by atoms with Crippen molar-refractivity contribution in [3.05, 3.63) is 77.4 Å². The predicted octanol–water partition coefficient (Wildman–Crippen LogP) is 2.86. The second-order valence-electron chi connectivity index (χ2n) is 7.48. The normalized spacial score (nSPS) is 14.3. The molecule has 0 bridgehead atoms. The van der Waals surface area contributed by atoms with E-state index in [0.29, 0.717) is 12.1 Å². The molecule has 0 saturated heterocycles. The van der Waals surface area contributed by atoms with Crippen molar-refractivity contribution < 1.29 is 17.6 Å². The van der Waals surface area contributed by atoms with Gasteiger partial charge < -0.3 is 4.90 Å². The van der Waals surface area contributed by atoms with Crippen LogP contribution in [-0.2, 0) is 41.4 Å². The molecule has 1 aliphatic heterocycles. The number of amides is 1. The van der Waals surface area contributed by atoms with Crippen molar-refractivity contribution in [3.63, 3.8) is 0 Å². The van der Waals surface area contributed by atoms with E-state index < -0.39 is 15.8 Å². The summed E-state index contributed by atoms with van der Waals surface area (Å²) in [7, 11) is -2.04. The summed E-state index contributed by atoms with van der Waals surface area (Å²) in [5.41, 5.74) is 3.12. The molecule has 7 nitrogen and oxygen atoms in total. The Labute approximate surface area is 180 Å². The number of rotatable bonds is 5. The SMILES string of the molecule is CC(=O)N(Cc1nn(C)c2c1CN(S(=O)(=O)c1cccc(F)c1)CC2)c1ccccc1. The topological polar surface area (TPSA) is 75.5 Å². The number of aromatic nitrogens is 2. The first-order valence-electron chi connectivity index (χ1n) is 9.90. The van der Waals surface area contributed by atoms with E-state index in [1.165, 1.54) is 29.4 Å². The monoisotopic (exact) mass is 442 g/mol. The highest BCUT2D eigenvalue weighted by molar-refractivity contribution is 7.89. The summed E-state index contributed by atoms with van der Waals surface area (Å²) in [5, 5.41) is 4.58. The first-order valence-corrected chi connectivity index (χ1v) is 11.3. The third kappa shape index (κ3) is 4.11. The van der Waals surface area contributed by atoms with Crippen LogP contribution in [0.5, 0.6) is 0 Å². The standard InChI is InChI=1S/C22H23FN4O3S/c1-16(28)27(18-8-4-3-5-9-18)15-21-20-14-26(12-11-22(20)25(2)24-21)31(29,30)19-10-6-7-17(23)13-19/h3-10,13H,11-12,14-15H2,1-2H3. The number of carbonyl (C=O) groups is 1. The lowest BCUT2D eigenvalue weighted by molar-refractivity contribution is -0.116. The molecule has 31 heavy (non-hydrogen) atoms. The molecule has 0 N–H and O–H groups in total. The number of hydrogen-bond donors (Lipinski definition) is 0. The minimum Gasteiger partial charge on any atom is -0.307 e. The van der Waals surface area contributed by atoms with Gasteiger partial charge in [-0.25, -0.2) is 12.8 Å². The van der Waals surface area contributed by atoms with Gasteiger partial charge in [0.1, 0.15) is 5.82 Å². The van der Waals surface area contributed by atoms with Gasteiger partial charge in [0.15, 0.2) is 0 Å². The number of fused-ring (bicyclic) bond motifs is 1. The fourth-order valence-electron chi connectivity index (χ4n) is 3.90. The molecule has 0 spiro atoms. The first kappa shape index (κ1) is 21.2. The van der Waals surface area contributed by atoms with Crippen molar-refractivity contribution in [3.8, 4) is 0 Å². The van der Waals surface area contributed by atoms with Crippen LogP contribution in [0.1, 0.15) is 23.9 Å². The molecule has 0 fully saturated rings. The summed E-state index contributed by atoms with van der Waals surface area (Å²) in [6, 6.07) is 14.3. The quantitative estimate of drug-likeness (QED) is 0.609. The van der Waals surface area contributed by atoms with Gasteiger partial charge in [-0.1, -0.05) is 24.3 Å². The molecule has 2 aromatic carbocycles. The predicted molar refractivity (Wildman–Crippen MR) is 114 cm³/mol. The molecule has 3 aromatic rings. The fraction of sp³-hybridized carbons (Fsp3) is 0.273.